The van der Waals surface area contributed by atoms with Crippen molar-refractivity contribution in [2.45, 2.75) is 13.0 Å². The van der Waals surface area contributed by atoms with E-state index in [-0.39, 0.29) is 17.7 Å². The first-order chi connectivity index (χ1) is 11.6. The van der Waals surface area contributed by atoms with E-state index in [0.29, 0.717) is 5.69 Å². The number of benzene rings is 2. The Bertz CT molecular complexity index is 912. The van der Waals surface area contributed by atoms with Crippen molar-refractivity contribution in [2.75, 3.05) is 0 Å². The molecule has 0 aliphatic carbocycles. The van der Waals surface area contributed by atoms with Gasteiger partial charge >= 0.3 is 0 Å². The fourth-order valence-corrected chi connectivity index (χ4v) is 2.95. The lowest BCUT2D eigenvalue weighted by Crippen LogP contribution is -2.27. The molecule has 24 heavy (non-hydrogen) atoms. The molecule has 3 aromatic rings. The number of aryl methyl sites for hydroxylation is 1. The molecule has 0 saturated carbocycles. The van der Waals surface area contributed by atoms with Crippen molar-refractivity contribution in [1.29, 1.82) is 0 Å². The van der Waals surface area contributed by atoms with Gasteiger partial charge in [-0.15, -0.1) is 0 Å². The van der Waals surface area contributed by atoms with Gasteiger partial charge in [-0.25, -0.2) is 4.98 Å². The molecule has 1 aromatic heterocycles. The van der Waals surface area contributed by atoms with E-state index < -0.39 is 0 Å². The van der Waals surface area contributed by atoms with Crippen molar-refractivity contribution in [3.63, 3.8) is 0 Å². The molecule has 3 N–H and O–H groups in total. The van der Waals surface area contributed by atoms with Gasteiger partial charge < -0.3 is 15.5 Å². The van der Waals surface area contributed by atoms with Crippen LogP contribution < -0.4 is 5.32 Å². The van der Waals surface area contributed by atoms with E-state index in [1.807, 2.05) is 48.7 Å². The fourth-order valence-electron chi connectivity index (χ4n) is 2.95. The van der Waals surface area contributed by atoms with E-state index in [9.17, 15) is 10.2 Å². The van der Waals surface area contributed by atoms with Crippen molar-refractivity contribution in [1.82, 2.24) is 14.9 Å². The molecule has 1 aliphatic rings. The fraction of sp³-hybridized carbons (Fsp3) is 0.105. The van der Waals surface area contributed by atoms with E-state index in [0.717, 1.165) is 22.6 Å². The molecule has 120 valence electrons. The topological polar surface area (TPSA) is 70.3 Å². The summed E-state index contributed by atoms with van der Waals surface area (Å²) >= 11 is 0. The average molecular weight is 319 g/mol. The Morgan fingerprint density at radius 3 is 2.42 bits per heavy atom. The van der Waals surface area contributed by atoms with Gasteiger partial charge in [0.15, 0.2) is 0 Å². The Labute approximate surface area is 139 Å². The number of nitrogens with zero attached hydrogens (tertiary/aromatic N) is 2. The Kier molecular flexibility index (Phi) is 3.27. The number of phenols is 1. The van der Waals surface area contributed by atoms with Crippen LogP contribution in [0.5, 0.6) is 11.6 Å². The third-order valence-electron chi connectivity index (χ3n) is 4.21. The van der Waals surface area contributed by atoms with Crippen LogP contribution in [-0.2, 0) is 0 Å². The van der Waals surface area contributed by atoms with Crippen LogP contribution >= 0.6 is 0 Å². The van der Waals surface area contributed by atoms with Crippen molar-refractivity contribution < 1.29 is 10.2 Å². The Morgan fingerprint density at radius 1 is 1.00 bits per heavy atom. The minimum Gasteiger partial charge on any atom is -0.508 e. The van der Waals surface area contributed by atoms with Gasteiger partial charge in [-0.3, -0.25) is 4.57 Å². The molecule has 0 spiro atoms. The maximum atomic E-state index is 10.3. The maximum absolute atomic E-state index is 10.3. The zero-order chi connectivity index (χ0) is 16.7. The molecule has 2 heterocycles. The highest BCUT2D eigenvalue weighted by Gasteiger charge is 2.27. The number of fused-ring (bicyclic) bond motifs is 1. The molecule has 0 fully saturated rings. The van der Waals surface area contributed by atoms with Crippen molar-refractivity contribution >= 4 is 11.9 Å². The van der Waals surface area contributed by atoms with Gasteiger partial charge in [0, 0.05) is 6.20 Å². The zero-order valence-corrected chi connectivity index (χ0v) is 13.1. The minimum absolute atomic E-state index is 0.142. The highest BCUT2D eigenvalue weighted by molar-refractivity contribution is 5.77. The smallest absolute Gasteiger partial charge is 0.218 e. The quantitative estimate of drug-likeness (QED) is 0.678. The summed E-state index contributed by atoms with van der Waals surface area (Å²) in [7, 11) is 0. The number of rotatable bonds is 2. The van der Waals surface area contributed by atoms with E-state index >= 15 is 0 Å². The summed E-state index contributed by atoms with van der Waals surface area (Å²) in [6, 6.07) is 16.7. The second kappa shape index (κ2) is 5.45. The van der Waals surface area contributed by atoms with Crippen LogP contribution in [0.15, 0.2) is 54.6 Å². The lowest BCUT2D eigenvalue weighted by molar-refractivity contribution is 0.436. The largest absolute Gasteiger partial charge is 0.508 e. The van der Waals surface area contributed by atoms with E-state index in [1.165, 1.54) is 0 Å². The first-order valence-corrected chi connectivity index (χ1v) is 7.74. The second-order valence-corrected chi connectivity index (χ2v) is 5.83. The van der Waals surface area contributed by atoms with Crippen LogP contribution in [0.3, 0.4) is 0 Å². The first kappa shape index (κ1) is 14.4. The molecule has 5 nitrogen and oxygen atoms in total. The van der Waals surface area contributed by atoms with E-state index in [2.05, 4.69) is 10.3 Å². The summed E-state index contributed by atoms with van der Waals surface area (Å²) in [5.41, 5.74) is 3.47. The summed E-state index contributed by atoms with van der Waals surface area (Å²) in [6.07, 6.45) is 1.86. The van der Waals surface area contributed by atoms with Gasteiger partial charge in [-0.2, -0.15) is 0 Å². The molecule has 4 rings (SSSR count). The summed E-state index contributed by atoms with van der Waals surface area (Å²) in [6.45, 7) is 1.78. The standard InChI is InChI=1S/C19H17N3O2/c1-12-19(24)22-11-16(13-5-3-2-4-6-13)21-17(18(22)20-12)14-7-9-15(23)10-8-14/h2-11,17,21,23-24H,1H3. The van der Waals surface area contributed by atoms with Crippen molar-refractivity contribution in [3.8, 4) is 11.6 Å². The molecule has 0 bridgehead atoms. The molecular formula is C19H17N3O2. The van der Waals surface area contributed by atoms with Gasteiger partial charge in [0.05, 0.1) is 11.4 Å². The van der Waals surface area contributed by atoms with Gasteiger partial charge in [-0.1, -0.05) is 42.5 Å². The zero-order valence-electron chi connectivity index (χ0n) is 13.1. The minimum atomic E-state index is -0.217. The monoisotopic (exact) mass is 319 g/mol. The summed E-state index contributed by atoms with van der Waals surface area (Å²) < 4.78 is 1.71. The highest BCUT2D eigenvalue weighted by Crippen LogP contribution is 2.34. The normalized spacial score (nSPS) is 16.2. The summed E-state index contributed by atoms with van der Waals surface area (Å²) in [5.74, 6) is 1.08. The van der Waals surface area contributed by atoms with E-state index in [4.69, 9.17) is 0 Å². The highest BCUT2D eigenvalue weighted by atomic mass is 16.3. The predicted octanol–water partition coefficient (Wildman–Crippen LogP) is 3.25. The lowest BCUT2D eigenvalue weighted by Gasteiger charge is -2.27. The molecule has 0 radical (unpaired) electrons. The number of aromatic hydroxyl groups is 2. The first-order valence-electron chi connectivity index (χ1n) is 7.74. The molecule has 5 heteroatoms. The Morgan fingerprint density at radius 2 is 1.71 bits per heavy atom. The number of hydrogen-bond acceptors (Lipinski definition) is 4. The Hall–Kier alpha value is -3.21. The molecule has 1 unspecified atom stereocenters. The average Bonchev–Trinajstić information content (AvgIpc) is 2.90. The molecular weight excluding hydrogens is 302 g/mol. The van der Waals surface area contributed by atoms with Gasteiger partial charge in [0.2, 0.25) is 5.88 Å². The summed E-state index contributed by atoms with van der Waals surface area (Å²) in [5, 5.41) is 23.4. The lowest BCUT2D eigenvalue weighted by atomic mass is 10.0. The van der Waals surface area contributed by atoms with E-state index in [1.54, 1.807) is 23.6 Å². The van der Waals surface area contributed by atoms with Crippen LogP contribution in [0.25, 0.3) is 11.9 Å². The summed E-state index contributed by atoms with van der Waals surface area (Å²) in [4.78, 5) is 4.50. The molecule has 1 aliphatic heterocycles. The number of phenolic OH excluding ortho intramolecular Hbond substituents is 1. The predicted molar refractivity (Wildman–Crippen MR) is 92.3 cm³/mol. The molecule has 0 amide bonds. The van der Waals surface area contributed by atoms with Gasteiger partial charge in [0.1, 0.15) is 17.6 Å². The molecule has 0 saturated heterocycles. The maximum Gasteiger partial charge on any atom is 0.218 e. The van der Waals surface area contributed by atoms with Crippen LogP contribution in [0.4, 0.5) is 0 Å². The number of nitrogens with one attached hydrogen (secondary N) is 1. The Balaban J connectivity index is 1.86. The molecule has 1 atom stereocenters. The van der Waals surface area contributed by atoms with Crippen molar-refractivity contribution in [3.05, 3.63) is 77.2 Å². The SMILES string of the molecule is Cc1nc2n(c1O)C=C(c1ccccc1)NC2c1ccc(O)cc1. The van der Waals surface area contributed by atoms with Gasteiger partial charge in [0.25, 0.3) is 0 Å². The third-order valence-corrected chi connectivity index (χ3v) is 4.21. The van der Waals surface area contributed by atoms with Crippen LogP contribution in [-0.4, -0.2) is 19.8 Å². The number of hydrogen-bond donors (Lipinski definition) is 3. The number of aromatic nitrogens is 2. The van der Waals surface area contributed by atoms with Crippen LogP contribution in [0.2, 0.25) is 0 Å². The second-order valence-electron chi connectivity index (χ2n) is 5.83. The third kappa shape index (κ3) is 2.31. The van der Waals surface area contributed by atoms with Crippen LogP contribution in [0, 0.1) is 6.92 Å². The molecule has 2 aromatic carbocycles. The van der Waals surface area contributed by atoms with Crippen LogP contribution in [0.1, 0.15) is 28.7 Å². The number of imidazole rings is 1. The van der Waals surface area contributed by atoms with Gasteiger partial charge in [-0.05, 0) is 30.2 Å². The van der Waals surface area contributed by atoms with Crippen molar-refractivity contribution in [2.24, 2.45) is 0 Å².